The minimum absolute atomic E-state index is 0.131. The number of aromatic nitrogens is 1. The van der Waals surface area contributed by atoms with Crippen LogP contribution in [0.2, 0.25) is 0 Å². The van der Waals surface area contributed by atoms with Crippen LogP contribution in [0.3, 0.4) is 0 Å². The average Bonchev–Trinajstić information content (AvgIpc) is 3.48. The summed E-state index contributed by atoms with van der Waals surface area (Å²) in [6, 6.07) is 8.89. The van der Waals surface area contributed by atoms with Crippen molar-refractivity contribution in [2.45, 2.75) is 40.2 Å². The summed E-state index contributed by atoms with van der Waals surface area (Å²) in [6.07, 6.45) is 0.797. The normalized spacial score (nSPS) is 17.6. The molecule has 1 aromatic heterocycles. The van der Waals surface area contributed by atoms with Gasteiger partial charge in [0, 0.05) is 12.5 Å². The van der Waals surface area contributed by atoms with Gasteiger partial charge in [0.25, 0.3) is 5.78 Å². The Morgan fingerprint density at radius 3 is 2.51 bits per heavy atom. The van der Waals surface area contributed by atoms with Gasteiger partial charge in [-0.05, 0) is 56.2 Å². The number of nitrogens with zero attached hydrogens (tertiary/aromatic N) is 2. The number of fused-ring (bicyclic) bond motifs is 1. The van der Waals surface area contributed by atoms with Crippen LogP contribution in [0.25, 0.3) is 5.76 Å². The number of amides is 1. The zero-order valence-corrected chi connectivity index (χ0v) is 24.0. The third kappa shape index (κ3) is 5.24. The van der Waals surface area contributed by atoms with Crippen LogP contribution in [-0.4, -0.2) is 54.0 Å². The molecule has 11 heteroatoms. The molecule has 0 radical (unpaired) electrons. The molecule has 1 unspecified atom stereocenters. The number of thiazole rings is 1. The highest BCUT2D eigenvalue weighted by Crippen LogP contribution is 2.46. The minimum Gasteiger partial charge on any atom is -0.507 e. The number of carbonyl (C=O) groups is 3. The fourth-order valence-corrected chi connectivity index (χ4v) is 5.79. The van der Waals surface area contributed by atoms with Crippen LogP contribution in [0.4, 0.5) is 5.13 Å². The molecule has 1 amide bonds. The van der Waals surface area contributed by atoms with Gasteiger partial charge in [-0.2, -0.15) is 0 Å². The Kier molecular flexibility index (Phi) is 7.98. The molecule has 2 aromatic carbocycles. The number of aliphatic hydroxyl groups excluding tert-OH is 1. The standard InChI is InChI=1S/C30H30N2O8S/c1-5-11-38-20-9-7-18(14-22(20)37-6-2)25-24(26(34)19-8-10-21-23(15-19)40-13-12-39-21)27(35)29(36)32(25)30-31-16(3)28(41-30)17(4)33/h7-10,14-15,25,34H,5-6,11-13H2,1-4H3. The van der Waals surface area contributed by atoms with E-state index in [2.05, 4.69) is 4.98 Å². The van der Waals surface area contributed by atoms with Gasteiger partial charge in [0.15, 0.2) is 33.9 Å². The molecule has 5 rings (SSSR count). The van der Waals surface area contributed by atoms with Crippen LogP contribution in [-0.2, 0) is 9.59 Å². The molecule has 214 valence electrons. The number of ketones is 2. The lowest BCUT2D eigenvalue weighted by atomic mass is 9.95. The Morgan fingerprint density at radius 1 is 1.07 bits per heavy atom. The number of benzene rings is 2. The molecule has 1 N–H and O–H groups in total. The highest BCUT2D eigenvalue weighted by molar-refractivity contribution is 7.18. The maximum atomic E-state index is 13.6. The zero-order chi connectivity index (χ0) is 29.3. The number of anilines is 1. The second-order valence-corrected chi connectivity index (χ2v) is 10.5. The molecular formula is C30H30N2O8S. The van der Waals surface area contributed by atoms with Crippen LogP contribution in [0, 0.1) is 6.92 Å². The van der Waals surface area contributed by atoms with Crippen LogP contribution in [0.15, 0.2) is 42.0 Å². The fraction of sp³-hybridized carbons (Fsp3) is 0.333. The van der Waals surface area contributed by atoms with Gasteiger partial charge in [0.05, 0.1) is 35.4 Å². The first-order valence-corrected chi connectivity index (χ1v) is 14.2. The molecule has 3 heterocycles. The lowest BCUT2D eigenvalue weighted by molar-refractivity contribution is -0.132. The quantitative estimate of drug-likeness (QED) is 0.157. The number of aliphatic hydroxyl groups is 1. The summed E-state index contributed by atoms with van der Waals surface area (Å²) in [5.41, 5.74) is 1.09. The molecule has 1 fully saturated rings. The Hall–Kier alpha value is -4.38. The molecule has 10 nitrogen and oxygen atoms in total. The first kappa shape index (κ1) is 28.2. The summed E-state index contributed by atoms with van der Waals surface area (Å²) in [5, 5.41) is 11.7. The lowest BCUT2D eigenvalue weighted by Gasteiger charge is -2.24. The SMILES string of the molecule is CCCOc1ccc(C2C(=C(O)c3ccc4c(c3)OCCO4)C(=O)C(=O)N2c2nc(C)c(C(C)=O)s2)cc1OCC. The van der Waals surface area contributed by atoms with Crippen LogP contribution < -0.4 is 23.8 Å². The molecule has 1 atom stereocenters. The predicted octanol–water partition coefficient (Wildman–Crippen LogP) is 5.24. The van der Waals surface area contributed by atoms with Gasteiger partial charge in [-0.15, -0.1) is 0 Å². The molecular weight excluding hydrogens is 548 g/mol. The van der Waals surface area contributed by atoms with Crippen molar-refractivity contribution in [2.75, 3.05) is 31.3 Å². The van der Waals surface area contributed by atoms with Gasteiger partial charge in [-0.25, -0.2) is 4.98 Å². The minimum atomic E-state index is -1.06. The second kappa shape index (κ2) is 11.6. The monoisotopic (exact) mass is 578 g/mol. The molecule has 0 aliphatic carbocycles. The zero-order valence-electron chi connectivity index (χ0n) is 23.2. The van der Waals surface area contributed by atoms with Gasteiger partial charge in [0.2, 0.25) is 0 Å². The summed E-state index contributed by atoms with van der Waals surface area (Å²) in [6.45, 7) is 8.50. The van der Waals surface area contributed by atoms with E-state index in [1.165, 1.54) is 11.8 Å². The molecule has 2 aliphatic heterocycles. The van der Waals surface area contributed by atoms with Crippen molar-refractivity contribution in [1.82, 2.24) is 4.98 Å². The summed E-state index contributed by atoms with van der Waals surface area (Å²) in [4.78, 5) is 45.5. The van der Waals surface area contributed by atoms with Crippen LogP contribution in [0.1, 0.15) is 59.7 Å². The van der Waals surface area contributed by atoms with E-state index in [9.17, 15) is 19.5 Å². The molecule has 0 spiro atoms. The van der Waals surface area contributed by atoms with E-state index in [0.29, 0.717) is 65.6 Å². The van der Waals surface area contributed by atoms with Crippen molar-refractivity contribution in [2.24, 2.45) is 0 Å². The summed E-state index contributed by atoms with van der Waals surface area (Å²) >= 11 is 1.02. The van der Waals surface area contributed by atoms with E-state index in [1.807, 2.05) is 13.8 Å². The number of ether oxygens (including phenoxy) is 4. The lowest BCUT2D eigenvalue weighted by Crippen LogP contribution is -2.29. The van der Waals surface area contributed by atoms with E-state index < -0.39 is 17.7 Å². The van der Waals surface area contributed by atoms with Crippen LogP contribution in [0.5, 0.6) is 23.0 Å². The van der Waals surface area contributed by atoms with Crippen molar-refractivity contribution in [3.63, 3.8) is 0 Å². The first-order chi connectivity index (χ1) is 19.7. The molecule has 0 bridgehead atoms. The molecule has 3 aromatic rings. The van der Waals surface area contributed by atoms with Crippen molar-refractivity contribution in [1.29, 1.82) is 0 Å². The maximum Gasteiger partial charge on any atom is 0.301 e. The van der Waals surface area contributed by atoms with E-state index in [0.717, 1.165) is 17.8 Å². The number of rotatable bonds is 9. The first-order valence-electron chi connectivity index (χ1n) is 13.3. The van der Waals surface area contributed by atoms with E-state index in [1.54, 1.807) is 43.3 Å². The van der Waals surface area contributed by atoms with Crippen molar-refractivity contribution in [3.8, 4) is 23.0 Å². The number of hydrogen-bond donors (Lipinski definition) is 1. The molecule has 0 saturated carbocycles. The third-order valence-electron chi connectivity index (χ3n) is 6.62. The van der Waals surface area contributed by atoms with Gasteiger partial charge in [-0.3, -0.25) is 19.3 Å². The van der Waals surface area contributed by atoms with Crippen molar-refractivity contribution >= 4 is 39.7 Å². The highest BCUT2D eigenvalue weighted by Gasteiger charge is 2.48. The van der Waals surface area contributed by atoms with Crippen LogP contribution >= 0.6 is 11.3 Å². The Balaban J connectivity index is 1.70. The van der Waals surface area contributed by atoms with Gasteiger partial charge < -0.3 is 24.1 Å². The number of hydrogen-bond acceptors (Lipinski definition) is 10. The topological polar surface area (TPSA) is 124 Å². The second-order valence-electron chi connectivity index (χ2n) is 9.48. The van der Waals surface area contributed by atoms with E-state index in [-0.39, 0.29) is 27.8 Å². The molecule has 2 aliphatic rings. The number of carbonyl (C=O) groups excluding carboxylic acids is 3. The predicted molar refractivity (Wildman–Crippen MR) is 152 cm³/mol. The number of Topliss-reactive ketones (excluding diaryl/α,β-unsaturated/α-hetero) is 2. The summed E-state index contributed by atoms with van der Waals surface area (Å²) < 4.78 is 22.9. The van der Waals surface area contributed by atoms with Gasteiger partial charge in [0.1, 0.15) is 19.0 Å². The Morgan fingerprint density at radius 2 is 1.83 bits per heavy atom. The fourth-order valence-electron chi connectivity index (χ4n) is 4.80. The Bertz CT molecular complexity index is 1560. The van der Waals surface area contributed by atoms with E-state index >= 15 is 0 Å². The molecule has 1 saturated heterocycles. The largest absolute Gasteiger partial charge is 0.507 e. The van der Waals surface area contributed by atoms with Crippen molar-refractivity contribution < 1.29 is 38.4 Å². The maximum absolute atomic E-state index is 13.6. The van der Waals surface area contributed by atoms with Gasteiger partial charge >= 0.3 is 5.91 Å². The van der Waals surface area contributed by atoms with Gasteiger partial charge in [-0.1, -0.05) is 24.3 Å². The van der Waals surface area contributed by atoms with Crippen molar-refractivity contribution in [3.05, 3.63) is 63.7 Å². The summed E-state index contributed by atoms with van der Waals surface area (Å²) in [5.74, 6) is -0.448. The third-order valence-corrected chi connectivity index (χ3v) is 7.87. The highest BCUT2D eigenvalue weighted by atomic mass is 32.1. The number of aryl methyl sites for hydroxylation is 1. The smallest absolute Gasteiger partial charge is 0.301 e. The Labute approximate surface area is 241 Å². The van der Waals surface area contributed by atoms with E-state index in [4.69, 9.17) is 18.9 Å². The average molecular weight is 579 g/mol. The molecule has 41 heavy (non-hydrogen) atoms. The summed E-state index contributed by atoms with van der Waals surface area (Å²) in [7, 11) is 0.